The van der Waals surface area contributed by atoms with Crippen LogP contribution < -0.4 is 0 Å². The monoisotopic (exact) mass is 180 g/mol. The van der Waals surface area contributed by atoms with Gasteiger partial charge < -0.3 is 0 Å². The summed E-state index contributed by atoms with van der Waals surface area (Å²) in [6.45, 7) is 2.04. The molecule has 0 aliphatic heterocycles. The lowest BCUT2D eigenvalue weighted by atomic mass is 10.1. The maximum atomic E-state index is 5.42. The first-order valence-electron chi connectivity index (χ1n) is 4.88. The molecule has 1 aromatic carbocycles. The van der Waals surface area contributed by atoms with Crippen LogP contribution in [0.1, 0.15) is 29.5 Å². The third-order valence-corrected chi connectivity index (χ3v) is 2.32. The molecule has 0 saturated heterocycles. The maximum Gasteiger partial charge on any atom is 0.0402 e. The highest BCUT2D eigenvalue weighted by atomic mass is 14.2. The SMILES string of the molecule is C#Cc1cc(C)ccc1C#CC1CC1. The quantitative estimate of drug-likeness (QED) is 0.538. The molecule has 1 aromatic rings. The fourth-order valence-corrected chi connectivity index (χ4v) is 1.29. The third kappa shape index (κ3) is 1.98. The molecule has 0 N–H and O–H groups in total. The molecule has 0 spiro atoms. The van der Waals surface area contributed by atoms with Gasteiger partial charge in [-0.3, -0.25) is 0 Å². The first kappa shape index (κ1) is 8.92. The summed E-state index contributed by atoms with van der Waals surface area (Å²) < 4.78 is 0. The summed E-state index contributed by atoms with van der Waals surface area (Å²) in [6.07, 6.45) is 7.93. The number of benzene rings is 1. The van der Waals surface area contributed by atoms with Gasteiger partial charge in [-0.2, -0.15) is 0 Å². The van der Waals surface area contributed by atoms with Gasteiger partial charge in [-0.1, -0.05) is 23.8 Å². The van der Waals surface area contributed by atoms with Crippen molar-refractivity contribution in [3.63, 3.8) is 0 Å². The molecule has 0 amide bonds. The molecule has 2 rings (SSSR count). The highest BCUT2D eigenvalue weighted by Gasteiger charge is 2.17. The van der Waals surface area contributed by atoms with Gasteiger partial charge in [0.25, 0.3) is 0 Å². The van der Waals surface area contributed by atoms with Crippen LogP contribution in [0.15, 0.2) is 18.2 Å². The van der Waals surface area contributed by atoms with Crippen molar-refractivity contribution in [2.75, 3.05) is 0 Å². The van der Waals surface area contributed by atoms with E-state index >= 15 is 0 Å². The predicted molar refractivity (Wildman–Crippen MR) is 58.7 cm³/mol. The smallest absolute Gasteiger partial charge is 0.0402 e. The van der Waals surface area contributed by atoms with E-state index in [1.54, 1.807) is 0 Å². The lowest BCUT2D eigenvalue weighted by Crippen LogP contribution is -1.84. The second-order valence-electron chi connectivity index (χ2n) is 3.74. The lowest BCUT2D eigenvalue weighted by molar-refractivity contribution is 1.18. The van der Waals surface area contributed by atoms with Crippen molar-refractivity contribution in [2.24, 2.45) is 5.92 Å². The molecule has 0 atom stereocenters. The molecule has 0 unspecified atom stereocenters. The fraction of sp³-hybridized carbons (Fsp3) is 0.286. The van der Waals surface area contributed by atoms with Gasteiger partial charge >= 0.3 is 0 Å². The molecule has 0 aromatic heterocycles. The first-order valence-corrected chi connectivity index (χ1v) is 4.88. The molecule has 14 heavy (non-hydrogen) atoms. The third-order valence-electron chi connectivity index (χ3n) is 2.32. The van der Waals surface area contributed by atoms with E-state index in [1.807, 2.05) is 19.1 Å². The van der Waals surface area contributed by atoms with Gasteiger partial charge in [0, 0.05) is 17.0 Å². The minimum Gasteiger partial charge on any atom is -0.115 e. The lowest BCUT2D eigenvalue weighted by Gasteiger charge is -1.97. The summed E-state index contributed by atoms with van der Waals surface area (Å²) in [5.41, 5.74) is 3.10. The minimum absolute atomic E-state index is 0.627. The van der Waals surface area contributed by atoms with Crippen LogP contribution in [0.2, 0.25) is 0 Å². The van der Waals surface area contributed by atoms with Crippen molar-refractivity contribution >= 4 is 0 Å². The first-order chi connectivity index (χ1) is 6.79. The summed E-state index contributed by atoms with van der Waals surface area (Å²) in [7, 11) is 0. The molecule has 1 saturated carbocycles. The van der Waals surface area contributed by atoms with Crippen LogP contribution in [0.25, 0.3) is 0 Å². The van der Waals surface area contributed by atoms with E-state index in [0.29, 0.717) is 5.92 Å². The molecule has 0 heteroatoms. The summed E-state index contributed by atoms with van der Waals surface area (Å²) in [4.78, 5) is 0. The number of hydrogen-bond acceptors (Lipinski definition) is 0. The molecular weight excluding hydrogens is 168 g/mol. The Morgan fingerprint density at radius 2 is 2.07 bits per heavy atom. The molecule has 1 fully saturated rings. The summed E-state index contributed by atoms with van der Waals surface area (Å²) in [5.74, 6) is 9.69. The highest BCUT2D eigenvalue weighted by molar-refractivity contribution is 5.51. The average Bonchev–Trinajstić information content (AvgIpc) is 2.99. The van der Waals surface area contributed by atoms with Crippen LogP contribution in [-0.2, 0) is 0 Å². The van der Waals surface area contributed by atoms with Crippen LogP contribution >= 0.6 is 0 Å². The molecule has 68 valence electrons. The topological polar surface area (TPSA) is 0 Å². The zero-order chi connectivity index (χ0) is 9.97. The predicted octanol–water partition coefficient (Wildman–Crippen LogP) is 2.74. The van der Waals surface area contributed by atoms with E-state index in [1.165, 1.54) is 18.4 Å². The van der Waals surface area contributed by atoms with Crippen LogP contribution in [-0.4, -0.2) is 0 Å². The zero-order valence-corrected chi connectivity index (χ0v) is 8.30. The second kappa shape index (κ2) is 3.60. The second-order valence-corrected chi connectivity index (χ2v) is 3.74. The largest absolute Gasteiger partial charge is 0.115 e. The maximum absolute atomic E-state index is 5.42. The Labute approximate surface area is 85.3 Å². The number of rotatable bonds is 0. The van der Waals surface area contributed by atoms with E-state index < -0.39 is 0 Å². The average molecular weight is 180 g/mol. The molecule has 0 nitrogen and oxygen atoms in total. The Hall–Kier alpha value is -1.66. The van der Waals surface area contributed by atoms with Crippen molar-refractivity contribution in [2.45, 2.75) is 19.8 Å². The molecule has 0 heterocycles. The van der Waals surface area contributed by atoms with Crippen molar-refractivity contribution in [3.8, 4) is 24.2 Å². The highest BCUT2D eigenvalue weighted by Crippen LogP contribution is 2.27. The summed E-state index contributed by atoms with van der Waals surface area (Å²) in [5, 5.41) is 0. The molecule has 1 aliphatic rings. The van der Waals surface area contributed by atoms with Gasteiger partial charge in [0.1, 0.15) is 0 Å². The van der Waals surface area contributed by atoms with Gasteiger partial charge in [0.05, 0.1) is 0 Å². The van der Waals surface area contributed by atoms with Crippen LogP contribution in [0.4, 0.5) is 0 Å². The minimum atomic E-state index is 0.627. The molecular formula is C14H12. The number of terminal acetylenes is 1. The van der Waals surface area contributed by atoms with E-state index in [2.05, 4.69) is 23.8 Å². The normalized spacial score (nSPS) is 14.0. The van der Waals surface area contributed by atoms with Gasteiger partial charge in [-0.15, -0.1) is 6.42 Å². The van der Waals surface area contributed by atoms with Crippen molar-refractivity contribution in [1.29, 1.82) is 0 Å². The molecule has 0 bridgehead atoms. The van der Waals surface area contributed by atoms with E-state index in [4.69, 9.17) is 6.42 Å². The van der Waals surface area contributed by atoms with Gasteiger partial charge in [-0.05, 0) is 37.5 Å². The van der Waals surface area contributed by atoms with E-state index in [-0.39, 0.29) is 0 Å². The Morgan fingerprint density at radius 1 is 1.29 bits per heavy atom. The Balaban J connectivity index is 2.34. The number of hydrogen-bond donors (Lipinski definition) is 0. The van der Waals surface area contributed by atoms with Gasteiger partial charge in [-0.25, -0.2) is 0 Å². The Bertz CT molecular complexity index is 445. The fourth-order valence-electron chi connectivity index (χ4n) is 1.29. The Morgan fingerprint density at radius 3 is 2.71 bits per heavy atom. The molecule has 1 aliphatic carbocycles. The zero-order valence-electron chi connectivity index (χ0n) is 8.30. The summed E-state index contributed by atoms with van der Waals surface area (Å²) >= 11 is 0. The van der Waals surface area contributed by atoms with Gasteiger partial charge in [0.2, 0.25) is 0 Å². The van der Waals surface area contributed by atoms with Crippen molar-refractivity contribution in [3.05, 3.63) is 34.9 Å². The van der Waals surface area contributed by atoms with Gasteiger partial charge in [0.15, 0.2) is 0 Å². The Kier molecular flexibility index (Phi) is 2.30. The van der Waals surface area contributed by atoms with Crippen LogP contribution in [0, 0.1) is 37.0 Å². The van der Waals surface area contributed by atoms with Crippen LogP contribution in [0.3, 0.4) is 0 Å². The van der Waals surface area contributed by atoms with Crippen LogP contribution in [0.5, 0.6) is 0 Å². The standard InChI is InChI=1S/C14H12/c1-3-13-10-11(2)4-8-14(13)9-7-12-5-6-12/h1,4,8,10,12H,5-6H2,2H3. The summed E-state index contributed by atoms with van der Waals surface area (Å²) in [6, 6.07) is 6.08. The van der Waals surface area contributed by atoms with Crippen molar-refractivity contribution < 1.29 is 0 Å². The number of aryl methyl sites for hydroxylation is 1. The van der Waals surface area contributed by atoms with E-state index in [0.717, 1.165) is 11.1 Å². The molecule has 0 radical (unpaired) electrons. The van der Waals surface area contributed by atoms with Crippen molar-refractivity contribution in [1.82, 2.24) is 0 Å². The van der Waals surface area contributed by atoms with E-state index in [9.17, 15) is 0 Å².